The van der Waals surface area contributed by atoms with Crippen molar-refractivity contribution < 1.29 is 18.0 Å². The number of benzene rings is 4. The van der Waals surface area contributed by atoms with Crippen molar-refractivity contribution in [2.45, 2.75) is 64.1 Å². The Kier molecular flexibility index (Phi) is 11.7. The van der Waals surface area contributed by atoms with Gasteiger partial charge in [-0.2, -0.15) is 0 Å². The summed E-state index contributed by atoms with van der Waals surface area (Å²) in [5, 5.41) is 4.00. The van der Waals surface area contributed by atoms with Crippen molar-refractivity contribution in [3.63, 3.8) is 0 Å². The standard InChI is InChI=1S/C36H38Cl3N3O4S/c1-24-14-17-28(20-25(24)2)42(47(45,46)29-18-15-27(37)16-19-29)23-34(43)41(22-30-31(38)12-9-13-32(30)39)33(35(44)40-36(3,4)5)21-26-10-7-6-8-11-26/h6-20,33H,21-23H2,1-5H3,(H,40,44)/t33-/m1/s1. The smallest absolute Gasteiger partial charge is 0.264 e. The number of nitrogens with one attached hydrogen (secondary N) is 1. The molecule has 7 nitrogen and oxygen atoms in total. The van der Waals surface area contributed by atoms with Gasteiger partial charge in [0.2, 0.25) is 11.8 Å². The van der Waals surface area contributed by atoms with Gasteiger partial charge in [0.25, 0.3) is 10.0 Å². The fraction of sp³-hybridized carbons (Fsp3) is 0.278. The molecule has 0 fully saturated rings. The van der Waals surface area contributed by atoms with Gasteiger partial charge in [-0.05, 0) is 99.8 Å². The van der Waals surface area contributed by atoms with Gasteiger partial charge in [0.05, 0.1) is 10.6 Å². The number of rotatable bonds is 11. The van der Waals surface area contributed by atoms with Crippen LogP contribution in [0.15, 0.2) is 95.9 Å². The van der Waals surface area contributed by atoms with Crippen LogP contribution in [-0.2, 0) is 32.6 Å². The van der Waals surface area contributed by atoms with Crippen LogP contribution >= 0.6 is 34.8 Å². The molecular formula is C36H38Cl3N3O4S. The molecule has 0 saturated heterocycles. The molecule has 0 aliphatic rings. The number of carbonyl (C=O) groups excluding carboxylic acids is 2. The Morgan fingerprint density at radius 2 is 1.43 bits per heavy atom. The van der Waals surface area contributed by atoms with E-state index < -0.39 is 40.0 Å². The predicted molar refractivity (Wildman–Crippen MR) is 191 cm³/mol. The molecular weight excluding hydrogens is 677 g/mol. The number of sulfonamides is 1. The van der Waals surface area contributed by atoms with Crippen molar-refractivity contribution in [3.05, 3.63) is 128 Å². The SMILES string of the molecule is Cc1ccc(N(CC(=O)N(Cc2c(Cl)cccc2Cl)[C@H](Cc2ccccc2)C(=O)NC(C)(C)C)S(=O)(=O)c2ccc(Cl)cc2)cc1C. The van der Waals surface area contributed by atoms with Crippen LogP contribution < -0.4 is 9.62 Å². The Hall–Kier alpha value is -3.56. The van der Waals surface area contributed by atoms with Gasteiger partial charge in [-0.3, -0.25) is 13.9 Å². The summed E-state index contributed by atoms with van der Waals surface area (Å²) in [6, 6.07) is 24.2. The van der Waals surface area contributed by atoms with Crippen LogP contribution in [0, 0.1) is 13.8 Å². The van der Waals surface area contributed by atoms with E-state index in [9.17, 15) is 18.0 Å². The van der Waals surface area contributed by atoms with Gasteiger partial charge in [-0.1, -0.05) is 77.3 Å². The number of halogens is 3. The average Bonchev–Trinajstić information content (AvgIpc) is 3.00. The molecule has 0 unspecified atom stereocenters. The van der Waals surface area contributed by atoms with Crippen molar-refractivity contribution in [3.8, 4) is 0 Å². The quantitative estimate of drug-likeness (QED) is 0.171. The van der Waals surface area contributed by atoms with Crippen LogP contribution in [0.4, 0.5) is 5.69 Å². The van der Waals surface area contributed by atoms with E-state index in [1.54, 1.807) is 36.4 Å². The molecule has 4 rings (SSSR count). The van der Waals surface area contributed by atoms with E-state index in [1.807, 2.05) is 65.0 Å². The maximum absolute atomic E-state index is 14.7. The van der Waals surface area contributed by atoms with Crippen LogP contribution in [0.2, 0.25) is 15.1 Å². The second-order valence-corrected chi connectivity index (χ2v) is 15.5. The highest BCUT2D eigenvalue weighted by Crippen LogP contribution is 2.30. The summed E-state index contributed by atoms with van der Waals surface area (Å²) in [7, 11) is -4.28. The lowest BCUT2D eigenvalue weighted by Gasteiger charge is -2.35. The average molecular weight is 715 g/mol. The number of hydrogen-bond donors (Lipinski definition) is 1. The predicted octanol–water partition coefficient (Wildman–Crippen LogP) is 8.01. The summed E-state index contributed by atoms with van der Waals surface area (Å²) in [5.41, 5.74) is 2.73. The molecule has 0 heterocycles. The first-order valence-electron chi connectivity index (χ1n) is 15.0. The Bertz CT molecular complexity index is 1820. The Labute approximate surface area is 292 Å². The zero-order valence-corrected chi connectivity index (χ0v) is 30.0. The minimum atomic E-state index is -4.28. The van der Waals surface area contributed by atoms with Crippen molar-refractivity contribution in [2.24, 2.45) is 0 Å². The number of nitrogens with zero attached hydrogens (tertiary/aromatic N) is 2. The first kappa shape index (κ1) is 36.3. The molecule has 248 valence electrons. The number of carbonyl (C=O) groups is 2. The lowest BCUT2D eigenvalue weighted by molar-refractivity contribution is -0.140. The van der Waals surface area contributed by atoms with Crippen LogP contribution in [-0.4, -0.2) is 43.3 Å². The molecule has 0 aliphatic carbocycles. The van der Waals surface area contributed by atoms with Gasteiger partial charge in [0.15, 0.2) is 0 Å². The monoisotopic (exact) mass is 713 g/mol. The number of amides is 2. The molecule has 11 heteroatoms. The maximum Gasteiger partial charge on any atom is 0.264 e. The van der Waals surface area contributed by atoms with E-state index in [0.717, 1.165) is 21.0 Å². The van der Waals surface area contributed by atoms with Gasteiger partial charge >= 0.3 is 0 Å². The lowest BCUT2D eigenvalue weighted by Crippen LogP contribution is -2.56. The van der Waals surface area contributed by atoms with Crippen LogP contribution in [0.5, 0.6) is 0 Å². The molecule has 1 N–H and O–H groups in total. The maximum atomic E-state index is 14.7. The minimum Gasteiger partial charge on any atom is -0.350 e. The van der Waals surface area contributed by atoms with Gasteiger partial charge in [0, 0.05) is 39.1 Å². The highest BCUT2D eigenvalue weighted by molar-refractivity contribution is 7.92. The van der Waals surface area contributed by atoms with E-state index in [2.05, 4.69) is 5.32 Å². The fourth-order valence-electron chi connectivity index (χ4n) is 5.00. The number of anilines is 1. The van der Waals surface area contributed by atoms with Crippen molar-refractivity contribution in [2.75, 3.05) is 10.8 Å². The highest BCUT2D eigenvalue weighted by atomic mass is 35.5. The summed E-state index contributed by atoms with van der Waals surface area (Å²) >= 11 is 19.2. The summed E-state index contributed by atoms with van der Waals surface area (Å²) in [6.45, 7) is 8.58. The van der Waals surface area contributed by atoms with Gasteiger partial charge in [0.1, 0.15) is 12.6 Å². The van der Waals surface area contributed by atoms with Gasteiger partial charge in [-0.25, -0.2) is 8.42 Å². The van der Waals surface area contributed by atoms with E-state index in [4.69, 9.17) is 34.8 Å². The van der Waals surface area contributed by atoms with E-state index in [1.165, 1.54) is 29.2 Å². The van der Waals surface area contributed by atoms with Crippen molar-refractivity contribution in [1.29, 1.82) is 0 Å². The molecule has 1 atom stereocenters. The third-order valence-corrected chi connectivity index (χ3v) is 10.4. The van der Waals surface area contributed by atoms with Crippen LogP contribution in [0.25, 0.3) is 0 Å². The molecule has 4 aromatic carbocycles. The molecule has 2 amide bonds. The highest BCUT2D eigenvalue weighted by Gasteiger charge is 2.36. The third-order valence-electron chi connectivity index (χ3n) is 7.62. The largest absolute Gasteiger partial charge is 0.350 e. The summed E-state index contributed by atoms with van der Waals surface area (Å²) in [4.78, 5) is 30.0. The van der Waals surface area contributed by atoms with E-state index in [0.29, 0.717) is 26.3 Å². The summed E-state index contributed by atoms with van der Waals surface area (Å²) in [6.07, 6.45) is 0.157. The molecule has 4 aromatic rings. The zero-order chi connectivity index (χ0) is 34.5. The first-order chi connectivity index (χ1) is 22.1. The van der Waals surface area contributed by atoms with Crippen molar-refractivity contribution >= 4 is 62.3 Å². The minimum absolute atomic E-state index is 0.0417. The Balaban J connectivity index is 1.87. The third kappa shape index (κ3) is 9.29. The molecule has 0 spiro atoms. The normalized spacial score (nSPS) is 12.3. The second kappa shape index (κ2) is 15.1. The molecule has 47 heavy (non-hydrogen) atoms. The first-order valence-corrected chi connectivity index (χ1v) is 17.6. The Morgan fingerprint density at radius 1 is 0.809 bits per heavy atom. The molecule has 0 aromatic heterocycles. The summed E-state index contributed by atoms with van der Waals surface area (Å²) in [5.74, 6) is -1.03. The van der Waals surface area contributed by atoms with E-state index >= 15 is 0 Å². The molecule has 0 bridgehead atoms. The zero-order valence-electron chi connectivity index (χ0n) is 26.9. The van der Waals surface area contributed by atoms with Crippen LogP contribution in [0.1, 0.15) is 43.0 Å². The topological polar surface area (TPSA) is 86.8 Å². The van der Waals surface area contributed by atoms with Crippen molar-refractivity contribution in [1.82, 2.24) is 10.2 Å². The molecule has 0 radical (unpaired) electrons. The molecule has 0 saturated carbocycles. The number of hydrogen-bond acceptors (Lipinski definition) is 4. The fourth-order valence-corrected chi connectivity index (χ4v) is 7.05. The van der Waals surface area contributed by atoms with Crippen LogP contribution in [0.3, 0.4) is 0 Å². The van der Waals surface area contributed by atoms with Gasteiger partial charge in [-0.15, -0.1) is 0 Å². The van der Waals surface area contributed by atoms with Gasteiger partial charge < -0.3 is 10.2 Å². The van der Waals surface area contributed by atoms with E-state index in [-0.39, 0.29) is 17.9 Å². The Morgan fingerprint density at radius 3 is 2.00 bits per heavy atom. The molecule has 0 aliphatic heterocycles. The lowest BCUT2D eigenvalue weighted by atomic mass is 10.0. The summed E-state index contributed by atoms with van der Waals surface area (Å²) < 4.78 is 29.5. The number of aryl methyl sites for hydroxylation is 2. The second-order valence-electron chi connectivity index (χ2n) is 12.4.